The maximum atomic E-state index is 11.4. The molecular weight excluding hydrogens is 411 g/mol. The number of rotatable bonds is 7. The molecule has 2 aliphatic heterocycles. The molecule has 32 heavy (non-hydrogen) atoms. The van der Waals surface area contributed by atoms with Crippen LogP contribution >= 0.6 is 0 Å². The molecule has 1 saturated carbocycles. The number of nitrogens with one attached hydrogen (secondary N) is 1. The van der Waals surface area contributed by atoms with E-state index in [1.807, 2.05) is 0 Å². The van der Waals surface area contributed by atoms with E-state index in [4.69, 9.17) is 15.1 Å². The normalized spacial score (nSPS) is 24.7. The van der Waals surface area contributed by atoms with Crippen molar-refractivity contribution < 1.29 is 19.3 Å². The number of carboxylic acids is 1. The number of likely N-dealkylation sites (tertiary alicyclic amines) is 1. The maximum Gasteiger partial charge on any atom is 0.570 e. The van der Waals surface area contributed by atoms with Gasteiger partial charge in [0.05, 0.1) is 17.6 Å². The summed E-state index contributed by atoms with van der Waals surface area (Å²) in [6.45, 7) is 6.19. The van der Waals surface area contributed by atoms with Crippen molar-refractivity contribution in [2.45, 2.75) is 56.6 Å². The molecule has 0 radical (unpaired) electrons. The zero-order valence-corrected chi connectivity index (χ0v) is 18.7. The summed E-state index contributed by atoms with van der Waals surface area (Å²) in [7, 11) is 0.621. The van der Waals surface area contributed by atoms with Gasteiger partial charge in [0.1, 0.15) is 5.75 Å². The lowest BCUT2D eigenvalue weighted by atomic mass is 9.68. The van der Waals surface area contributed by atoms with E-state index in [9.17, 15) is 14.8 Å². The number of piperidine rings is 1. The number of para-hydroxylation sites is 1. The van der Waals surface area contributed by atoms with Crippen LogP contribution in [0, 0.1) is 4.91 Å². The van der Waals surface area contributed by atoms with Crippen molar-refractivity contribution in [3.8, 4) is 5.75 Å². The summed E-state index contributed by atoms with van der Waals surface area (Å²) in [5.74, 6) is -1.32. The van der Waals surface area contributed by atoms with Crippen LogP contribution < -0.4 is 15.7 Å². The predicted octanol–water partition coefficient (Wildman–Crippen LogP) is 2.19. The van der Waals surface area contributed by atoms with Gasteiger partial charge in [-0.2, -0.15) is 4.91 Å². The number of nitrogens with two attached hydrogens (primary N) is 1. The highest BCUT2D eigenvalue weighted by Crippen LogP contribution is 2.31. The molecule has 4 N–H and O–H groups in total. The lowest BCUT2D eigenvalue weighted by Gasteiger charge is -2.37. The number of fused-ring (bicyclic) bond motifs is 1. The van der Waals surface area contributed by atoms with Crippen molar-refractivity contribution in [2.24, 2.45) is 10.8 Å². The Hall–Kier alpha value is -2.43. The molecule has 0 aromatic heterocycles. The number of benzene rings is 1. The molecule has 1 aliphatic carbocycles. The molecule has 3 atom stereocenters. The Morgan fingerprint density at radius 1 is 1.41 bits per heavy atom. The third kappa shape index (κ3) is 6.08. The van der Waals surface area contributed by atoms with Crippen molar-refractivity contribution in [3.05, 3.63) is 46.5 Å². The first-order chi connectivity index (χ1) is 15.4. The van der Waals surface area contributed by atoms with E-state index in [-0.39, 0.29) is 23.5 Å². The predicted molar refractivity (Wildman–Crippen MR) is 124 cm³/mol. The zero-order valence-electron chi connectivity index (χ0n) is 18.7. The van der Waals surface area contributed by atoms with Crippen LogP contribution in [-0.2, 0) is 11.2 Å². The Kier molecular flexibility index (Phi) is 8.66. The van der Waals surface area contributed by atoms with Gasteiger partial charge >= 0.3 is 13.0 Å². The fourth-order valence-corrected chi connectivity index (χ4v) is 4.03. The second-order valence-corrected chi connectivity index (χ2v) is 8.65. The molecule has 1 saturated heterocycles. The molecule has 9 nitrogen and oxygen atoms in total. The molecule has 2 heterocycles. The molecule has 4 rings (SSSR count). The molecule has 1 aromatic carbocycles. The number of nitrogens with zero attached hydrogens (tertiary/aromatic N) is 2. The second kappa shape index (κ2) is 11.4. The Labute approximate surface area is 189 Å². The van der Waals surface area contributed by atoms with E-state index >= 15 is 0 Å². The van der Waals surface area contributed by atoms with Crippen LogP contribution in [0.3, 0.4) is 0 Å². The van der Waals surface area contributed by atoms with E-state index in [1.165, 1.54) is 31.7 Å². The number of carbonyl (C=O) groups is 1. The fraction of sp³-hybridized carbons (Fsp3) is 0.591. The quantitative estimate of drug-likeness (QED) is 0.432. The maximum absolute atomic E-state index is 11.4. The third-order valence-electron chi connectivity index (χ3n) is 6.25. The van der Waals surface area contributed by atoms with Gasteiger partial charge in [0.15, 0.2) is 0 Å². The fourth-order valence-electron chi connectivity index (χ4n) is 4.03. The molecule has 3 unspecified atom stereocenters. The molecule has 0 bridgehead atoms. The number of ether oxygens (including phenoxy) is 1. The largest absolute Gasteiger partial charge is 0.570 e. The molecule has 10 heteroatoms. The van der Waals surface area contributed by atoms with Gasteiger partial charge in [-0.3, -0.25) is 4.90 Å². The highest BCUT2D eigenvalue weighted by atomic mass is 16.5. The van der Waals surface area contributed by atoms with E-state index in [0.29, 0.717) is 25.1 Å². The number of nitroso groups, excluding NO2 is 1. The molecule has 1 aromatic rings. The molecular formula is C22H33BN4O5. The first-order valence-electron chi connectivity index (χ1n) is 11.2. The van der Waals surface area contributed by atoms with Gasteiger partial charge in [-0.15, -0.1) is 0 Å². The summed E-state index contributed by atoms with van der Waals surface area (Å²) in [5, 5.41) is 15.6. The Balaban J connectivity index is 0.000000650. The number of aromatic carboxylic acids is 1. The number of hydrogen-bond donors (Lipinski definition) is 3. The first-order valence-corrected chi connectivity index (χ1v) is 11.2. The van der Waals surface area contributed by atoms with E-state index < -0.39 is 19.0 Å². The van der Waals surface area contributed by atoms with Gasteiger partial charge < -0.3 is 25.5 Å². The standard InChI is InChI=1S/C18H25BN4O5.C4H8/c1-11(9-23-7-6-14(20)15(10-23)27-2)21-16-8-12-4-3-5-13(18(24)25)17(12)28-19(16)22-26;1-2-4-3-1/h3-5,14-16,21H,1,6-10,20H2,2H3,(H,24,25);1-4H2. The van der Waals surface area contributed by atoms with Crippen LogP contribution in [0.25, 0.3) is 0 Å². The number of hydrogen-bond acceptors (Lipinski definition) is 8. The topological polar surface area (TPSA) is 126 Å². The molecule has 3 aliphatic rings. The van der Waals surface area contributed by atoms with Crippen LogP contribution in [-0.4, -0.2) is 67.9 Å². The summed E-state index contributed by atoms with van der Waals surface area (Å²) in [5.41, 5.74) is 7.52. The Bertz CT molecular complexity index is 816. The molecule has 0 spiro atoms. The second-order valence-electron chi connectivity index (χ2n) is 8.65. The lowest BCUT2D eigenvalue weighted by molar-refractivity contribution is 0.0194. The SMILES string of the molecule is C1CCC1.C=C(CN1CCC(N)C(OC)C1)NC1Cc2cccc(C(=O)O)c2OB1N=O. The first kappa shape index (κ1) is 24.2. The molecule has 0 amide bonds. The van der Waals surface area contributed by atoms with E-state index in [0.717, 1.165) is 18.7 Å². The van der Waals surface area contributed by atoms with Crippen LogP contribution in [0.15, 0.2) is 35.6 Å². The van der Waals surface area contributed by atoms with Gasteiger partial charge in [0.25, 0.3) is 0 Å². The average Bonchev–Trinajstić information content (AvgIpc) is 2.72. The number of carboxylic acid groups (broad SMARTS) is 1. The van der Waals surface area contributed by atoms with E-state index in [1.54, 1.807) is 19.2 Å². The monoisotopic (exact) mass is 444 g/mol. The van der Waals surface area contributed by atoms with Gasteiger partial charge in [0, 0.05) is 38.5 Å². The minimum atomic E-state index is -1.10. The van der Waals surface area contributed by atoms with Gasteiger partial charge in [-0.25, -0.2) is 4.79 Å². The van der Waals surface area contributed by atoms with Crippen LogP contribution in [0.4, 0.5) is 0 Å². The van der Waals surface area contributed by atoms with Gasteiger partial charge in [-0.1, -0.05) is 49.5 Å². The highest BCUT2D eigenvalue weighted by Gasteiger charge is 2.40. The molecule has 2 fully saturated rings. The summed E-state index contributed by atoms with van der Waals surface area (Å²) < 4.78 is 11.0. The van der Waals surface area contributed by atoms with Gasteiger partial charge in [-0.05, 0) is 24.5 Å². The van der Waals surface area contributed by atoms with Crippen molar-refractivity contribution >= 4 is 13.0 Å². The van der Waals surface area contributed by atoms with Gasteiger partial charge in [0.2, 0.25) is 0 Å². The lowest BCUT2D eigenvalue weighted by Crippen LogP contribution is -2.54. The average molecular weight is 444 g/mol. The summed E-state index contributed by atoms with van der Waals surface area (Å²) >= 11 is 0. The minimum absolute atomic E-state index is 0.0229. The Morgan fingerprint density at radius 3 is 2.72 bits per heavy atom. The third-order valence-corrected chi connectivity index (χ3v) is 6.25. The van der Waals surface area contributed by atoms with Crippen molar-refractivity contribution in [2.75, 3.05) is 26.7 Å². The van der Waals surface area contributed by atoms with Crippen molar-refractivity contribution in [1.29, 1.82) is 0 Å². The van der Waals surface area contributed by atoms with Crippen LogP contribution in [0.5, 0.6) is 5.75 Å². The van der Waals surface area contributed by atoms with Crippen LogP contribution in [0.2, 0.25) is 0 Å². The minimum Gasteiger partial charge on any atom is -0.536 e. The zero-order chi connectivity index (χ0) is 23.1. The number of methoxy groups -OCH3 is 1. The summed E-state index contributed by atoms with van der Waals surface area (Å²) in [6.07, 6.45) is 7.23. The summed E-state index contributed by atoms with van der Waals surface area (Å²) in [4.78, 5) is 24.9. The smallest absolute Gasteiger partial charge is 0.536 e. The van der Waals surface area contributed by atoms with E-state index in [2.05, 4.69) is 21.9 Å². The highest BCUT2D eigenvalue weighted by molar-refractivity contribution is 6.53. The van der Waals surface area contributed by atoms with Crippen molar-refractivity contribution in [3.63, 3.8) is 0 Å². The van der Waals surface area contributed by atoms with Crippen molar-refractivity contribution in [1.82, 2.24) is 10.2 Å². The Morgan fingerprint density at radius 2 is 2.12 bits per heavy atom. The van der Waals surface area contributed by atoms with Crippen LogP contribution in [0.1, 0.15) is 48.0 Å². The molecule has 174 valence electrons. The summed E-state index contributed by atoms with van der Waals surface area (Å²) in [6, 6.07) is 4.92.